The second-order valence-electron chi connectivity index (χ2n) is 7.41. The molecule has 0 saturated carbocycles. The lowest BCUT2D eigenvalue weighted by Gasteiger charge is -2.34. The van der Waals surface area contributed by atoms with Crippen LogP contribution in [0, 0.1) is 6.92 Å². The SMILES string of the molecule is Cc1cc(C(=O)NCCCN2CCN(c3ncccn3)CC2)nn1-c1ccccc1. The molecule has 30 heavy (non-hydrogen) atoms. The molecular weight excluding hydrogens is 378 g/mol. The van der Waals surface area contributed by atoms with E-state index in [-0.39, 0.29) is 5.91 Å². The summed E-state index contributed by atoms with van der Waals surface area (Å²) in [6.07, 6.45) is 4.47. The summed E-state index contributed by atoms with van der Waals surface area (Å²) >= 11 is 0. The molecule has 1 amide bonds. The molecule has 0 spiro atoms. The number of aryl methyl sites for hydroxylation is 1. The monoisotopic (exact) mass is 405 g/mol. The first-order valence-corrected chi connectivity index (χ1v) is 10.4. The van der Waals surface area contributed by atoms with E-state index in [0.717, 1.165) is 56.5 Å². The highest BCUT2D eigenvalue weighted by Crippen LogP contribution is 2.12. The zero-order chi connectivity index (χ0) is 20.8. The summed E-state index contributed by atoms with van der Waals surface area (Å²) in [6, 6.07) is 13.5. The molecule has 0 atom stereocenters. The van der Waals surface area contributed by atoms with Crippen LogP contribution in [0.4, 0.5) is 5.95 Å². The minimum Gasteiger partial charge on any atom is -0.351 e. The maximum atomic E-state index is 12.5. The number of carbonyl (C=O) groups is 1. The highest BCUT2D eigenvalue weighted by Gasteiger charge is 2.18. The van der Waals surface area contributed by atoms with Gasteiger partial charge < -0.3 is 10.2 Å². The van der Waals surface area contributed by atoms with Crippen LogP contribution in [0.25, 0.3) is 5.69 Å². The number of benzene rings is 1. The van der Waals surface area contributed by atoms with Gasteiger partial charge in [-0.25, -0.2) is 14.6 Å². The number of piperazine rings is 1. The second kappa shape index (κ2) is 9.49. The van der Waals surface area contributed by atoms with Crippen molar-refractivity contribution in [2.45, 2.75) is 13.3 Å². The lowest BCUT2D eigenvalue weighted by Crippen LogP contribution is -2.47. The summed E-state index contributed by atoms with van der Waals surface area (Å²) in [5.74, 6) is 0.675. The molecule has 8 heteroatoms. The van der Waals surface area contributed by atoms with Gasteiger partial charge in [-0.3, -0.25) is 9.69 Å². The van der Waals surface area contributed by atoms with Gasteiger partial charge in [0.05, 0.1) is 5.69 Å². The van der Waals surface area contributed by atoms with Crippen molar-refractivity contribution in [1.29, 1.82) is 0 Å². The molecule has 1 aliphatic heterocycles. The maximum Gasteiger partial charge on any atom is 0.271 e. The largest absolute Gasteiger partial charge is 0.351 e. The van der Waals surface area contributed by atoms with E-state index in [9.17, 15) is 4.79 Å². The summed E-state index contributed by atoms with van der Waals surface area (Å²) in [5, 5.41) is 7.46. The van der Waals surface area contributed by atoms with E-state index in [2.05, 4.69) is 30.2 Å². The number of anilines is 1. The Kier molecular flexibility index (Phi) is 6.34. The van der Waals surface area contributed by atoms with Crippen LogP contribution in [0.3, 0.4) is 0 Å². The molecule has 1 aromatic carbocycles. The third-order valence-electron chi connectivity index (χ3n) is 5.26. The van der Waals surface area contributed by atoms with Gasteiger partial charge in [0.2, 0.25) is 5.95 Å². The fraction of sp³-hybridized carbons (Fsp3) is 0.364. The molecule has 0 aliphatic carbocycles. The van der Waals surface area contributed by atoms with Gasteiger partial charge >= 0.3 is 0 Å². The first-order valence-electron chi connectivity index (χ1n) is 10.4. The van der Waals surface area contributed by atoms with Crippen LogP contribution in [0.5, 0.6) is 0 Å². The summed E-state index contributed by atoms with van der Waals surface area (Å²) in [5.41, 5.74) is 2.34. The minimum absolute atomic E-state index is 0.126. The molecule has 8 nitrogen and oxygen atoms in total. The van der Waals surface area contributed by atoms with E-state index in [1.165, 1.54) is 0 Å². The lowest BCUT2D eigenvalue weighted by atomic mass is 10.3. The Balaban J connectivity index is 1.20. The number of rotatable bonds is 7. The average Bonchev–Trinajstić information content (AvgIpc) is 3.20. The molecule has 3 aromatic rings. The minimum atomic E-state index is -0.126. The number of para-hydroxylation sites is 1. The zero-order valence-electron chi connectivity index (χ0n) is 17.2. The number of amides is 1. The van der Waals surface area contributed by atoms with E-state index in [0.29, 0.717) is 12.2 Å². The van der Waals surface area contributed by atoms with Gasteiger partial charge in [0, 0.05) is 50.8 Å². The van der Waals surface area contributed by atoms with Gasteiger partial charge in [-0.05, 0) is 44.2 Å². The molecule has 156 valence electrons. The van der Waals surface area contributed by atoms with Gasteiger partial charge in [-0.15, -0.1) is 0 Å². The van der Waals surface area contributed by atoms with Gasteiger partial charge in [-0.2, -0.15) is 5.10 Å². The van der Waals surface area contributed by atoms with E-state index < -0.39 is 0 Å². The Bertz CT molecular complexity index is 950. The Labute approximate surface area is 176 Å². The molecule has 1 N–H and O–H groups in total. The summed E-state index contributed by atoms with van der Waals surface area (Å²) in [6.45, 7) is 7.36. The molecule has 0 radical (unpaired) electrons. The highest BCUT2D eigenvalue weighted by molar-refractivity contribution is 5.92. The topological polar surface area (TPSA) is 79.2 Å². The third-order valence-corrected chi connectivity index (χ3v) is 5.26. The van der Waals surface area contributed by atoms with Crippen LogP contribution in [-0.4, -0.2) is 69.8 Å². The van der Waals surface area contributed by atoms with Crippen LogP contribution in [-0.2, 0) is 0 Å². The maximum absolute atomic E-state index is 12.5. The van der Waals surface area contributed by atoms with Crippen LogP contribution < -0.4 is 10.2 Å². The number of hydrogen-bond acceptors (Lipinski definition) is 6. The van der Waals surface area contributed by atoms with Crippen molar-refractivity contribution in [3.05, 3.63) is 66.2 Å². The fourth-order valence-electron chi connectivity index (χ4n) is 3.64. The van der Waals surface area contributed by atoms with Crippen molar-refractivity contribution in [2.24, 2.45) is 0 Å². The number of carbonyl (C=O) groups excluding carboxylic acids is 1. The molecular formula is C22H27N7O. The molecule has 4 rings (SSSR count). The second-order valence-corrected chi connectivity index (χ2v) is 7.41. The number of hydrogen-bond donors (Lipinski definition) is 1. The Hall–Kier alpha value is -3.26. The Morgan fingerprint density at radius 1 is 1.03 bits per heavy atom. The van der Waals surface area contributed by atoms with Gasteiger partial charge in [0.15, 0.2) is 5.69 Å². The first-order chi connectivity index (χ1) is 14.7. The fourth-order valence-corrected chi connectivity index (χ4v) is 3.64. The molecule has 1 aliphatic rings. The standard InChI is InChI=1S/C22H27N7O/c1-18-17-20(26-29(18)19-7-3-2-4-8-19)21(30)23-11-6-12-27-13-15-28(16-14-27)22-24-9-5-10-25-22/h2-5,7-10,17H,6,11-16H2,1H3,(H,23,30). The van der Waals surface area contributed by atoms with Crippen molar-refractivity contribution in [3.8, 4) is 5.69 Å². The van der Waals surface area contributed by atoms with Gasteiger partial charge in [-0.1, -0.05) is 18.2 Å². The lowest BCUT2D eigenvalue weighted by molar-refractivity contribution is 0.0946. The normalized spacial score (nSPS) is 14.6. The number of nitrogens with one attached hydrogen (secondary N) is 1. The zero-order valence-corrected chi connectivity index (χ0v) is 17.2. The predicted molar refractivity (Wildman–Crippen MR) is 116 cm³/mol. The number of aromatic nitrogens is 4. The smallest absolute Gasteiger partial charge is 0.271 e. The van der Waals surface area contributed by atoms with Crippen LogP contribution >= 0.6 is 0 Å². The van der Waals surface area contributed by atoms with E-state index in [1.807, 2.05) is 49.4 Å². The van der Waals surface area contributed by atoms with Crippen LogP contribution in [0.2, 0.25) is 0 Å². The molecule has 3 heterocycles. The molecule has 0 unspecified atom stereocenters. The van der Waals surface area contributed by atoms with Crippen molar-refractivity contribution in [3.63, 3.8) is 0 Å². The first kappa shape index (κ1) is 20.0. The van der Waals surface area contributed by atoms with Crippen molar-refractivity contribution < 1.29 is 4.79 Å². The quantitative estimate of drug-likeness (QED) is 0.605. The van der Waals surface area contributed by atoms with Crippen molar-refractivity contribution in [2.75, 3.05) is 44.2 Å². The van der Waals surface area contributed by atoms with Gasteiger partial charge in [0.1, 0.15) is 0 Å². The summed E-state index contributed by atoms with van der Waals surface area (Å²) < 4.78 is 1.80. The average molecular weight is 406 g/mol. The summed E-state index contributed by atoms with van der Waals surface area (Å²) in [7, 11) is 0. The van der Waals surface area contributed by atoms with Crippen LogP contribution in [0.15, 0.2) is 54.9 Å². The predicted octanol–water partition coefficient (Wildman–Crippen LogP) is 1.91. The van der Waals surface area contributed by atoms with E-state index in [1.54, 1.807) is 17.1 Å². The van der Waals surface area contributed by atoms with E-state index in [4.69, 9.17) is 0 Å². The van der Waals surface area contributed by atoms with Gasteiger partial charge in [0.25, 0.3) is 5.91 Å². The molecule has 0 bridgehead atoms. The molecule has 1 fully saturated rings. The van der Waals surface area contributed by atoms with Crippen molar-refractivity contribution in [1.82, 2.24) is 30.0 Å². The molecule has 2 aromatic heterocycles. The Morgan fingerprint density at radius 3 is 2.50 bits per heavy atom. The van der Waals surface area contributed by atoms with Crippen LogP contribution in [0.1, 0.15) is 22.6 Å². The highest BCUT2D eigenvalue weighted by atomic mass is 16.1. The summed E-state index contributed by atoms with van der Waals surface area (Å²) in [4.78, 5) is 25.7. The van der Waals surface area contributed by atoms with Crippen molar-refractivity contribution >= 4 is 11.9 Å². The van der Waals surface area contributed by atoms with E-state index >= 15 is 0 Å². The molecule has 1 saturated heterocycles. The third kappa shape index (κ3) is 4.83. The number of nitrogens with zero attached hydrogens (tertiary/aromatic N) is 6. The Morgan fingerprint density at radius 2 is 1.77 bits per heavy atom.